The molecule has 0 spiro atoms. The summed E-state index contributed by atoms with van der Waals surface area (Å²) in [6, 6.07) is 2.13. The van der Waals surface area contributed by atoms with Crippen molar-refractivity contribution in [3.05, 3.63) is 21.9 Å². The predicted molar refractivity (Wildman–Crippen MR) is 106 cm³/mol. The number of rotatable bonds is 4. The lowest BCUT2D eigenvalue weighted by Gasteiger charge is -2.33. The van der Waals surface area contributed by atoms with Crippen LogP contribution in [0.3, 0.4) is 0 Å². The number of likely N-dealkylation sites (tertiary alicyclic amines) is 1. The Labute approximate surface area is 159 Å². The highest BCUT2D eigenvalue weighted by Gasteiger charge is 2.26. The lowest BCUT2D eigenvalue weighted by atomic mass is 9.97. The molecule has 0 radical (unpaired) electrons. The van der Waals surface area contributed by atoms with Crippen LogP contribution in [0.4, 0.5) is 0 Å². The number of thiophene rings is 1. The van der Waals surface area contributed by atoms with E-state index >= 15 is 0 Å². The Morgan fingerprint density at radius 3 is 2.70 bits per heavy atom. The van der Waals surface area contributed by atoms with Gasteiger partial charge in [0.2, 0.25) is 0 Å². The molecule has 1 aliphatic rings. The van der Waals surface area contributed by atoms with E-state index in [0.29, 0.717) is 6.54 Å². The van der Waals surface area contributed by atoms with Crippen molar-refractivity contribution in [1.82, 2.24) is 10.2 Å². The Hall–Kier alpha value is -0.830. The molecule has 0 aromatic carbocycles. The summed E-state index contributed by atoms with van der Waals surface area (Å²) in [6.45, 7) is 7.44. The summed E-state index contributed by atoms with van der Waals surface area (Å²) in [5, 5.41) is 5.46. The summed E-state index contributed by atoms with van der Waals surface area (Å²) in [6.07, 6.45) is 1.66. The number of ether oxygens (including phenoxy) is 1. The predicted octanol–water partition coefficient (Wildman–Crippen LogP) is 3.03. The Morgan fingerprint density at radius 2 is 2.17 bits per heavy atom. The molecule has 1 aromatic heterocycles. The second kappa shape index (κ2) is 10.1. The molecular weight excluding hydrogens is 425 g/mol. The monoisotopic (exact) mass is 451 g/mol. The van der Waals surface area contributed by atoms with Gasteiger partial charge in [0.15, 0.2) is 5.96 Å². The molecule has 23 heavy (non-hydrogen) atoms. The van der Waals surface area contributed by atoms with Crippen LogP contribution in [0.2, 0.25) is 0 Å². The van der Waals surface area contributed by atoms with E-state index in [0.717, 1.165) is 38.4 Å². The number of halogens is 1. The van der Waals surface area contributed by atoms with Gasteiger partial charge in [0.1, 0.15) is 0 Å². The maximum Gasteiger partial charge on any atom is 0.308 e. The van der Waals surface area contributed by atoms with Crippen molar-refractivity contribution in [3.63, 3.8) is 0 Å². The third kappa shape index (κ3) is 5.63. The van der Waals surface area contributed by atoms with Gasteiger partial charge in [0.25, 0.3) is 0 Å². The number of carbonyl (C=O) groups excluding carboxylic acids is 1. The van der Waals surface area contributed by atoms with E-state index in [1.807, 2.05) is 0 Å². The van der Waals surface area contributed by atoms with E-state index in [1.165, 1.54) is 17.6 Å². The van der Waals surface area contributed by atoms with Crippen LogP contribution < -0.4 is 5.32 Å². The van der Waals surface area contributed by atoms with Gasteiger partial charge >= 0.3 is 5.97 Å². The van der Waals surface area contributed by atoms with E-state index < -0.39 is 0 Å². The van der Waals surface area contributed by atoms with E-state index in [4.69, 9.17) is 9.73 Å². The van der Waals surface area contributed by atoms with Gasteiger partial charge in [-0.15, -0.1) is 35.3 Å². The highest BCUT2D eigenvalue weighted by atomic mass is 127. The van der Waals surface area contributed by atoms with Crippen molar-refractivity contribution in [2.24, 2.45) is 10.9 Å². The Kier molecular flexibility index (Phi) is 8.90. The highest BCUT2D eigenvalue weighted by molar-refractivity contribution is 14.0. The Balaban J connectivity index is 0.00000264. The standard InChI is InChI=1S/C16H25N3O2S.HI/c1-4-17-16(18-11-14-12(2)7-10-22-14)19-8-5-13(6-9-19)15(20)21-3;/h7,10,13H,4-6,8-9,11H2,1-3H3,(H,17,18);1H. The third-order valence-corrected chi connectivity index (χ3v) is 5.01. The molecule has 1 N–H and O–H groups in total. The molecule has 1 saturated heterocycles. The van der Waals surface area contributed by atoms with Crippen molar-refractivity contribution in [3.8, 4) is 0 Å². The zero-order valence-corrected chi connectivity index (χ0v) is 17.1. The van der Waals surface area contributed by atoms with E-state index in [1.54, 1.807) is 11.3 Å². The van der Waals surface area contributed by atoms with Gasteiger partial charge < -0.3 is 15.0 Å². The number of hydrogen-bond donors (Lipinski definition) is 1. The number of nitrogens with zero attached hydrogens (tertiary/aromatic N) is 2. The quantitative estimate of drug-likeness (QED) is 0.331. The van der Waals surface area contributed by atoms with Crippen molar-refractivity contribution < 1.29 is 9.53 Å². The first-order valence-corrected chi connectivity index (χ1v) is 8.67. The summed E-state index contributed by atoms with van der Waals surface area (Å²) >= 11 is 1.75. The second-order valence-electron chi connectivity index (χ2n) is 5.48. The fourth-order valence-electron chi connectivity index (χ4n) is 2.63. The number of guanidine groups is 1. The van der Waals surface area contributed by atoms with Crippen LogP contribution in [0, 0.1) is 12.8 Å². The van der Waals surface area contributed by atoms with Crippen molar-refractivity contribution in [2.45, 2.75) is 33.2 Å². The lowest BCUT2D eigenvalue weighted by molar-refractivity contribution is -0.146. The minimum absolute atomic E-state index is 0. The fourth-order valence-corrected chi connectivity index (χ4v) is 3.46. The average Bonchev–Trinajstić information content (AvgIpc) is 2.96. The largest absolute Gasteiger partial charge is 0.469 e. The van der Waals surface area contributed by atoms with Crippen molar-refractivity contribution in [1.29, 1.82) is 0 Å². The third-order valence-electron chi connectivity index (χ3n) is 4.00. The molecule has 0 saturated carbocycles. The molecule has 2 rings (SSSR count). The van der Waals surface area contributed by atoms with Crippen LogP contribution in [0.1, 0.15) is 30.2 Å². The van der Waals surface area contributed by atoms with Gasteiger partial charge in [-0.1, -0.05) is 0 Å². The van der Waals surface area contributed by atoms with Gasteiger partial charge in [0, 0.05) is 24.5 Å². The maximum atomic E-state index is 11.6. The molecule has 130 valence electrons. The normalized spacial score (nSPS) is 16.0. The average molecular weight is 451 g/mol. The number of piperidine rings is 1. The second-order valence-corrected chi connectivity index (χ2v) is 6.48. The molecule has 0 aliphatic carbocycles. The lowest BCUT2D eigenvalue weighted by Crippen LogP contribution is -2.46. The molecule has 0 bridgehead atoms. The van der Waals surface area contributed by atoms with Gasteiger partial charge in [-0.2, -0.15) is 0 Å². The number of carbonyl (C=O) groups is 1. The SMILES string of the molecule is CCNC(=NCc1sccc1C)N1CCC(C(=O)OC)CC1.I. The highest BCUT2D eigenvalue weighted by Crippen LogP contribution is 2.20. The molecule has 2 heterocycles. The van der Waals surface area contributed by atoms with Crippen LogP contribution in [0.25, 0.3) is 0 Å². The van der Waals surface area contributed by atoms with Crippen LogP contribution in [0.15, 0.2) is 16.4 Å². The summed E-state index contributed by atoms with van der Waals surface area (Å²) in [5.74, 6) is 0.887. The first-order valence-electron chi connectivity index (χ1n) is 7.79. The molecule has 1 aliphatic heterocycles. The molecule has 5 nitrogen and oxygen atoms in total. The van der Waals surface area contributed by atoms with Gasteiger partial charge in [0.05, 0.1) is 19.6 Å². The minimum atomic E-state index is -0.0872. The zero-order chi connectivity index (χ0) is 15.9. The van der Waals surface area contributed by atoms with E-state index in [2.05, 4.69) is 35.5 Å². The van der Waals surface area contributed by atoms with E-state index in [-0.39, 0.29) is 35.9 Å². The first-order chi connectivity index (χ1) is 10.7. The maximum absolute atomic E-state index is 11.6. The molecule has 7 heteroatoms. The van der Waals surface area contributed by atoms with Crippen LogP contribution in [0.5, 0.6) is 0 Å². The number of aliphatic imine (C=N–C) groups is 1. The molecule has 0 atom stereocenters. The number of hydrogen-bond acceptors (Lipinski definition) is 4. The molecule has 1 fully saturated rings. The number of esters is 1. The summed E-state index contributed by atoms with van der Waals surface area (Å²) in [5.41, 5.74) is 1.30. The van der Waals surface area contributed by atoms with Crippen molar-refractivity contribution >= 4 is 47.2 Å². The van der Waals surface area contributed by atoms with Gasteiger partial charge in [-0.05, 0) is 43.7 Å². The number of methoxy groups -OCH3 is 1. The summed E-state index contributed by atoms with van der Waals surface area (Å²) < 4.78 is 4.84. The smallest absolute Gasteiger partial charge is 0.308 e. The van der Waals surface area contributed by atoms with Gasteiger partial charge in [-0.25, -0.2) is 4.99 Å². The first kappa shape index (κ1) is 20.2. The molecule has 1 aromatic rings. The topological polar surface area (TPSA) is 53.9 Å². The summed E-state index contributed by atoms with van der Waals surface area (Å²) in [4.78, 5) is 19.9. The Bertz CT molecular complexity index is 525. The fraction of sp³-hybridized carbons (Fsp3) is 0.625. The van der Waals surface area contributed by atoms with Crippen LogP contribution in [-0.4, -0.2) is 43.6 Å². The van der Waals surface area contributed by atoms with E-state index in [9.17, 15) is 4.79 Å². The van der Waals surface area contributed by atoms with Crippen LogP contribution in [-0.2, 0) is 16.1 Å². The number of nitrogens with one attached hydrogen (secondary N) is 1. The zero-order valence-electron chi connectivity index (χ0n) is 14.0. The van der Waals surface area contributed by atoms with Crippen LogP contribution >= 0.6 is 35.3 Å². The molecular formula is C16H26IN3O2S. The Morgan fingerprint density at radius 1 is 1.48 bits per heavy atom. The number of aryl methyl sites for hydroxylation is 1. The molecule has 0 amide bonds. The van der Waals surface area contributed by atoms with Crippen molar-refractivity contribution in [2.75, 3.05) is 26.7 Å². The molecule has 0 unspecified atom stereocenters. The minimum Gasteiger partial charge on any atom is -0.469 e. The van der Waals surface area contributed by atoms with Gasteiger partial charge in [-0.3, -0.25) is 4.79 Å². The summed E-state index contributed by atoms with van der Waals surface area (Å²) in [7, 11) is 1.46.